The summed E-state index contributed by atoms with van der Waals surface area (Å²) in [6.07, 6.45) is 0.682. The van der Waals surface area contributed by atoms with Crippen LogP contribution >= 0.6 is 11.3 Å². The molecule has 0 atom stereocenters. The van der Waals surface area contributed by atoms with E-state index in [0.29, 0.717) is 17.7 Å². The lowest BCUT2D eigenvalue weighted by molar-refractivity contribution is 0.0696. The Balaban J connectivity index is 2.11. The van der Waals surface area contributed by atoms with Crippen LogP contribution in [0.15, 0.2) is 70.3 Å². The van der Waals surface area contributed by atoms with Crippen molar-refractivity contribution in [1.82, 2.24) is 0 Å². The smallest absolute Gasteiger partial charge is 0.335 e. The molecule has 5 nitrogen and oxygen atoms in total. The molecule has 0 aliphatic rings. The molecule has 0 amide bonds. The van der Waals surface area contributed by atoms with Gasteiger partial charge in [0.25, 0.3) is 10.0 Å². The summed E-state index contributed by atoms with van der Waals surface area (Å²) >= 11 is 1.16. The molecule has 3 rings (SSSR count). The van der Waals surface area contributed by atoms with Gasteiger partial charge in [0, 0.05) is 0 Å². The van der Waals surface area contributed by atoms with Gasteiger partial charge in [-0.25, -0.2) is 13.2 Å². The quantitative estimate of drug-likeness (QED) is 0.637. The van der Waals surface area contributed by atoms with Crippen molar-refractivity contribution in [3.8, 4) is 0 Å². The summed E-state index contributed by atoms with van der Waals surface area (Å²) in [6, 6.07) is 17.0. The Bertz CT molecular complexity index is 1040. The molecular weight excluding hydrogens is 382 g/mol. The molecule has 0 bridgehead atoms. The Kier molecular flexibility index (Phi) is 5.62. The number of carbonyl (C=O) groups is 1. The van der Waals surface area contributed by atoms with Gasteiger partial charge in [-0.1, -0.05) is 43.3 Å². The third-order valence-electron chi connectivity index (χ3n) is 4.18. The summed E-state index contributed by atoms with van der Waals surface area (Å²) in [5.74, 6) is -1.04. The van der Waals surface area contributed by atoms with Gasteiger partial charge in [0.05, 0.1) is 17.8 Å². The first-order chi connectivity index (χ1) is 12.9. The molecule has 3 aromatic rings. The average molecular weight is 402 g/mol. The SMILES string of the molecule is CCc1ccccc1N(Cc1cccc(C(=O)O)c1)S(=O)(=O)c1cccs1. The fourth-order valence-electron chi connectivity index (χ4n) is 2.84. The summed E-state index contributed by atoms with van der Waals surface area (Å²) in [5.41, 5.74) is 2.26. The standard InChI is InChI=1S/C20H19NO4S2/c1-2-16-8-3-4-10-18(16)21(27(24,25)19-11-6-12-26-19)14-15-7-5-9-17(13-15)20(22)23/h3-13H,2,14H2,1H3,(H,22,23). The fourth-order valence-corrected chi connectivity index (χ4v) is 5.44. The number of aromatic carboxylic acids is 1. The third-order valence-corrected chi connectivity index (χ3v) is 7.31. The summed E-state index contributed by atoms with van der Waals surface area (Å²) in [4.78, 5) is 11.3. The van der Waals surface area contributed by atoms with E-state index in [1.807, 2.05) is 19.1 Å². The van der Waals surface area contributed by atoms with E-state index in [9.17, 15) is 18.3 Å². The lowest BCUT2D eigenvalue weighted by Gasteiger charge is -2.26. The second-order valence-corrected chi connectivity index (χ2v) is 8.97. The number of sulfonamides is 1. The zero-order valence-electron chi connectivity index (χ0n) is 14.7. The van der Waals surface area contributed by atoms with Crippen molar-refractivity contribution in [1.29, 1.82) is 0 Å². The number of para-hydroxylation sites is 1. The number of thiophene rings is 1. The van der Waals surface area contributed by atoms with Crippen molar-refractivity contribution in [3.05, 3.63) is 82.7 Å². The average Bonchev–Trinajstić information content (AvgIpc) is 3.22. The van der Waals surface area contributed by atoms with Crippen LogP contribution in [0.25, 0.3) is 0 Å². The molecule has 0 saturated carbocycles. The second-order valence-electron chi connectivity index (χ2n) is 5.93. The van der Waals surface area contributed by atoms with Crippen molar-refractivity contribution < 1.29 is 18.3 Å². The Morgan fingerprint density at radius 2 is 1.85 bits per heavy atom. The molecule has 0 fully saturated rings. The molecule has 1 heterocycles. The molecule has 140 valence electrons. The second kappa shape index (κ2) is 7.94. The normalized spacial score (nSPS) is 11.3. The number of anilines is 1. The maximum atomic E-state index is 13.3. The van der Waals surface area contributed by atoms with Gasteiger partial charge in [-0.2, -0.15) is 0 Å². The number of rotatable bonds is 7. The molecule has 0 aliphatic heterocycles. The lowest BCUT2D eigenvalue weighted by Crippen LogP contribution is -2.31. The zero-order valence-corrected chi connectivity index (χ0v) is 16.3. The molecule has 0 spiro atoms. The highest BCUT2D eigenvalue weighted by Crippen LogP contribution is 2.31. The van der Waals surface area contributed by atoms with Crippen molar-refractivity contribution in [3.63, 3.8) is 0 Å². The van der Waals surface area contributed by atoms with E-state index in [0.717, 1.165) is 16.9 Å². The van der Waals surface area contributed by atoms with Crippen molar-refractivity contribution in [2.45, 2.75) is 24.1 Å². The molecular formula is C20H19NO4S2. The number of hydrogen-bond acceptors (Lipinski definition) is 4. The van der Waals surface area contributed by atoms with E-state index in [2.05, 4.69) is 0 Å². The minimum atomic E-state index is -3.77. The summed E-state index contributed by atoms with van der Waals surface area (Å²) in [5, 5.41) is 10.9. The molecule has 0 aliphatic carbocycles. The molecule has 0 radical (unpaired) electrons. The van der Waals surface area contributed by atoms with E-state index in [1.165, 1.54) is 16.4 Å². The Hall–Kier alpha value is -2.64. The molecule has 0 saturated heterocycles. The van der Waals surface area contributed by atoms with Gasteiger partial charge in [-0.3, -0.25) is 4.31 Å². The number of carboxylic acid groups (broad SMARTS) is 1. The first-order valence-electron chi connectivity index (χ1n) is 8.40. The summed E-state index contributed by atoms with van der Waals surface area (Å²) in [7, 11) is -3.77. The van der Waals surface area contributed by atoms with E-state index < -0.39 is 16.0 Å². The predicted octanol–water partition coefficient (Wildman–Crippen LogP) is 4.40. The maximum absolute atomic E-state index is 13.3. The Morgan fingerprint density at radius 1 is 1.07 bits per heavy atom. The summed E-state index contributed by atoms with van der Waals surface area (Å²) < 4.78 is 28.2. The lowest BCUT2D eigenvalue weighted by atomic mass is 10.1. The van der Waals surface area contributed by atoms with Crippen LogP contribution in [0.4, 0.5) is 5.69 Å². The van der Waals surface area contributed by atoms with Crippen LogP contribution in [-0.2, 0) is 23.0 Å². The van der Waals surface area contributed by atoms with Gasteiger partial charge in [-0.05, 0) is 47.2 Å². The predicted molar refractivity (Wildman–Crippen MR) is 107 cm³/mol. The van der Waals surface area contributed by atoms with Gasteiger partial charge in [-0.15, -0.1) is 11.3 Å². The number of benzene rings is 2. The molecule has 27 heavy (non-hydrogen) atoms. The number of nitrogens with zero attached hydrogens (tertiary/aromatic N) is 1. The highest BCUT2D eigenvalue weighted by Gasteiger charge is 2.27. The van der Waals surface area contributed by atoms with E-state index in [1.54, 1.807) is 41.8 Å². The molecule has 0 unspecified atom stereocenters. The highest BCUT2D eigenvalue weighted by atomic mass is 32.2. The number of aryl methyl sites for hydroxylation is 1. The fraction of sp³-hybridized carbons (Fsp3) is 0.150. The monoisotopic (exact) mass is 401 g/mol. The van der Waals surface area contributed by atoms with E-state index in [-0.39, 0.29) is 16.3 Å². The maximum Gasteiger partial charge on any atom is 0.335 e. The van der Waals surface area contributed by atoms with E-state index in [4.69, 9.17) is 0 Å². The van der Waals surface area contributed by atoms with Crippen LogP contribution in [0.2, 0.25) is 0 Å². The molecule has 2 aromatic carbocycles. The Morgan fingerprint density at radius 3 is 2.52 bits per heavy atom. The minimum absolute atomic E-state index is 0.0539. The minimum Gasteiger partial charge on any atom is -0.478 e. The molecule has 1 N–H and O–H groups in total. The molecule has 7 heteroatoms. The summed E-state index contributed by atoms with van der Waals surface area (Å²) in [6.45, 7) is 2.03. The van der Waals surface area contributed by atoms with Gasteiger partial charge in [0.2, 0.25) is 0 Å². The van der Waals surface area contributed by atoms with Crippen molar-refractivity contribution in [2.24, 2.45) is 0 Å². The topological polar surface area (TPSA) is 74.7 Å². The van der Waals surface area contributed by atoms with Crippen LogP contribution in [0.5, 0.6) is 0 Å². The van der Waals surface area contributed by atoms with Crippen LogP contribution < -0.4 is 4.31 Å². The van der Waals surface area contributed by atoms with Gasteiger partial charge in [0.15, 0.2) is 0 Å². The number of hydrogen-bond donors (Lipinski definition) is 1. The van der Waals surface area contributed by atoms with Crippen molar-refractivity contribution >= 4 is 33.0 Å². The van der Waals surface area contributed by atoms with Crippen molar-refractivity contribution in [2.75, 3.05) is 4.31 Å². The highest BCUT2D eigenvalue weighted by molar-refractivity contribution is 7.94. The molecule has 1 aromatic heterocycles. The number of carboxylic acids is 1. The first kappa shape index (κ1) is 19.1. The zero-order chi connectivity index (χ0) is 19.4. The largest absolute Gasteiger partial charge is 0.478 e. The van der Waals surface area contributed by atoms with Crippen LogP contribution in [0.1, 0.15) is 28.4 Å². The van der Waals surface area contributed by atoms with Crippen LogP contribution in [0, 0.1) is 0 Å². The van der Waals surface area contributed by atoms with Gasteiger partial charge < -0.3 is 5.11 Å². The first-order valence-corrected chi connectivity index (χ1v) is 10.7. The Labute approximate surface area is 162 Å². The van der Waals surface area contributed by atoms with Gasteiger partial charge >= 0.3 is 5.97 Å². The van der Waals surface area contributed by atoms with Crippen LogP contribution in [-0.4, -0.2) is 19.5 Å². The van der Waals surface area contributed by atoms with E-state index >= 15 is 0 Å². The van der Waals surface area contributed by atoms with Crippen LogP contribution in [0.3, 0.4) is 0 Å². The van der Waals surface area contributed by atoms with Gasteiger partial charge in [0.1, 0.15) is 4.21 Å². The third kappa shape index (κ3) is 4.04.